The predicted molar refractivity (Wildman–Crippen MR) is 68.8 cm³/mol. The molecule has 4 nitrogen and oxygen atoms in total. The minimum atomic E-state index is 0.166. The highest BCUT2D eigenvalue weighted by atomic mass is 16.3. The van der Waals surface area contributed by atoms with E-state index in [0.29, 0.717) is 5.92 Å². The van der Waals surface area contributed by atoms with E-state index in [9.17, 15) is 4.79 Å². The number of rotatable bonds is 5. The van der Waals surface area contributed by atoms with Gasteiger partial charge in [0.25, 0.3) is 0 Å². The molecular weight excluding hydrogens is 216 g/mol. The van der Waals surface area contributed by atoms with Gasteiger partial charge in [-0.25, -0.2) is 0 Å². The second-order valence-electron chi connectivity index (χ2n) is 5.30. The highest BCUT2D eigenvalue weighted by molar-refractivity contribution is 5.73. The van der Waals surface area contributed by atoms with Crippen LogP contribution in [0.25, 0.3) is 0 Å². The van der Waals surface area contributed by atoms with Crippen LogP contribution in [-0.2, 0) is 4.79 Å². The van der Waals surface area contributed by atoms with Crippen molar-refractivity contribution in [1.82, 2.24) is 9.80 Å². The summed E-state index contributed by atoms with van der Waals surface area (Å²) in [5.74, 6) is 0.723. The van der Waals surface area contributed by atoms with E-state index >= 15 is 0 Å². The largest absolute Gasteiger partial charge is 0.395 e. The Balaban J connectivity index is 2.46. The Kier molecular flexibility index (Phi) is 5.92. The van der Waals surface area contributed by atoms with Crippen molar-refractivity contribution in [1.29, 1.82) is 0 Å². The highest BCUT2D eigenvalue weighted by Gasteiger charge is 2.23. The lowest BCUT2D eigenvalue weighted by Gasteiger charge is -2.36. The average molecular weight is 242 g/mol. The molecule has 1 aliphatic heterocycles. The van der Waals surface area contributed by atoms with Crippen molar-refractivity contribution in [2.24, 2.45) is 5.92 Å². The molecule has 0 saturated carbocycles. The molecule has 1 aliphatic rings. The summed E-state index contributed by atoms with van der Waals surface area (Å²) in [5.41, 5.74) is 0. The Labute approximate surface area is 105 Å². The lowest BCUT2D eigenvalue weighted by Crippen LogP contribution is -2.45. The number of carbonyl (C=O) groups excluding carboxylic acids is 1. The van der Waals surface area contributed by atoms with E-state index in [0.717, 1.165) is 26.2 Å². The van der Waals surface area contributed by atoms with Gasteiger partial charge in [-0.05, 0) is 39.2 Å². The minimum absolute atomic E-state index is 0.166. The number of amides is 1. The van der Waals surface area contributed by atoms with Crippen LogP contribution in [0.3, 0.4) is 0 Å². The van der Waals surface area contributed by atoms with E-state index in [1.807, 2.05) is 4.90 Å². The SMILES string of the molecule is CC(=O)N(C[C@H]1CCCN(CCO)C1)C(C)C. The van der Waals surface area contributed by atoms with Crippen molar-refractivity contribution >= 4 is 5.91 Å². The number of carbonyl (C=O) groups is 1. The summed E-state index contributed by atoms with van der Waals surface area (Å²) >= 11 is 0. The van der Waals surface area contributed by atoms with Gasteiger partial charge in [-0.15, -0.1) is 0 Å². The molecule has 1 amide bonds. The first-order chi connectivity index (χ1) is 8.04. The summed E-state index contributed by atoms with van der Waals surface area (Å²) in [6.07, 6.45) is 2.37. The number of aliphatic hydroxyl groups is 1. The fourth-order valence-corrected chi connectivity index (χ4v) is 2.63. The Morgan fingerprint density at radius 1 is 1.53 bits per heavy atom. The van der Waals surface area contributed by atoms with E-state index in [2.05, 4.69) is 18.7 Å². The van der Waals surface area contributed by atoms with Crippen molar-refractivity contribution in [2.75, 3.05) is 32.8 Å². The van der Waals surface area contributed by atoms with Gasteiger partial charge in [-0.2, -0.15) is 0 Å². The molecule has 1 fully saturated rings. The van der Waals surface area contributed by atoms with Crippen LogP contribution < -0.4 is 0 Å². The number of hydrogen-bond acceptors (Lipinski definition) is 3. The maximum Gasteiger partial charge on any atom is 0.219 e. The molecule has 4 heteroatoms. The minimum Gasteiger partial charge on any atom is -0.395 e. The summed E-state index contributed by atoms with van der Waals surface area (Å²) in [6, 6.07) is 0.278. The fraction of sp³-hybridized carbons (Fsp3) is 0.923. The summed E-state index contributed by atoms with van der Waals surface area (Å²) in [7, 11) is 0. The van der Waals surface area contributed by atoms with Crippen molar-refractivity contribution in [3.05, 3.63) is 0 Å². The van der Waals surface area contributed by atoms with Crippen LogP contribution >= 0.6 is 0 Å². The summed E-state index contributed by atoms with van der Waals surface area (Å²) in [6.45, 7) is 9.72. The van der Waals surface area contributed by atoms with E-state index in [-0.39, 0.29) is 18.6 Å². The van der Waals surface area contributed by atoms with Gasteiger partial charge in [-0.3, -0.25) is 4.79 Å². The molecule has 1 heterocycles. The van der Waals surface area contributed by atoms with Crippen LogP contribution in [-0.4, -0.2) is 59.6 Å². The number of β-amino-alcohol motifs (C(OH)–C–C–N with tert-alkyl or cyclic N) is 1. The summed E-state index contributed by atoms with van der Waals surface area (Å²) in [4.78, 5) is 15.8. The van der Waals surface area contributed by atoms with Gasteiger partial charge in [-0.1, -0.05) is 0 Å². The van der Waals surface area contributed by atoms with E-state index in [1.54, 1.807) is 6.92 Å². The van der Waals surface area contributed by atoms with Crippen LogP contribution in [0.4, 0.5) is 0 Å². The second-order valence-corrected chi connectivity index (χ2v) is 5.30. The van der Waals surface area contributed by atoms with Gasteiger partial charge < -0.3 is 14.9 Å². The van der Waals surface area contributed by atoms with Crippen molar-refractivity contribution in [2.45, 2.75) is 39.7 Å². The molecule has 1 saturated heterocycles. The third-order valence-electron chi connectivity index (χ3n) is 3.50. The Morgan fingerprint density at radius 2 is 2.24 bits per heavy atom. The Bertz CT molecular complexity index is 242. The molecule has 100 valence electrons. The van der Waals surface area contributed by atoms with Crippen molar-refractivity contribution < 1.29 is 9.90 Å². The third-order valence-corrected chi connectivity index (χ3v) is 3.50. The Morgan fingerprint density at radius 3 is 2.76 bits per heavy atom. The van der Waals surface area contributed by atoms with E-state index in [4.69, 9.17) is 5.11 Å². The van der Waals surface area contributed by atoms with Gasteiger partial charge in [0, 0.05) is 32.6 Å². The molecule has 0 unspecified atom stereocenters. The molecule has 1 N–H and O–H groups in total. The molecular formula is C13H26N2O2. The van der Waals surface area contributed by atoms with Crippen LogP contribution in [0, 0.1) is 5.92 Å². The Hall–Kier alpha value is -0.610. The zero-order valence-corrected chi connectivity index (χ0v) is 11.4. The first kappa shape index (κ1) is 14.5. The van der Waals surface area contributed by atoms with E-state index in [1.165, 1.54) is 12.8 Å². The molecule has 0 bridgehead atoms. The quantitative estimate of drug-likeness (QED) is 0.780. The lowest BCUT2D eigenvalue weighted by atomic mass is 9.97. The van der Waals surface area contributed by atoms with E-state index < -0.39 is 0 Å². The lowest BCUT2D eigenvalue weighted by molar-refractivity contribution is -0.131. The summed E-state index contributed by atoms with van der Waals surface area (Å²) in [5, 5.41) is 8.96. The number of likely N-dealkylation sites (tertiary alicyclic amines) is 1. The summed E-state index contributed by atoms with van der Waals surface area (Å²) < 4.78 is 0. The molecule has 1 atom stereocenters. The second kappa shape index (κ2) is 6.97. The zero-order chi connectivity index (χ0) is 12.8. The number of nitrogens with zero attached hydrogens (tertiary/aromatic N) is 2. The molecule has 0 aliphatic carbocycles. The third kappa shape index (κ3) is 4.64. The van der Waals surface area contributed by atoms with Crippen LogP contribution in [0.2, 0.25) is 0 Å². The molecule has 0 aromatic rings. The predicted octanol–water partition coefficient (Wildman–Crippen LogP) is 0.948. The molecule has 0 spiro atoms. The maximum atomic E-state index is 11.5. The fourth-order valence-electron chi connectivity index (χ4n) is 2.63. The molecule has 1 rings (SSSR count). The number of piperidine rings is 1. The molecule has 17 heavy (non-hydrogen) atoms. The van der Waals surface area contributed by atoms with Gasteiger partial charge in [0.2, 0.25) is 5.91 Å². The molecule has 0 aromatic carbocycles. The molecule has 0 radical (unpaired) electrons. The number of aliphatic hydroxyl groups excluding tert-OH is 1. The van der Waals surface area contributed by atoms with Crippen LogP contribution in [0.5, 0.6) is 0 Å². The highest BCUT2D eigenvalue weighted by Crippen LogP contribution is 2.18. The van der Waals surface area contributed by atoms with Crippen molar-refractivity contribution in [3.63, 3.8) is 0 Å². The molecule has 0 aromatic heterocycles. The smallest absolute Gasteiger partial charge is 0.219 e. The topological polar surface area (TPSA) is 43.8 Å². The van der Waals surface area contributed by atoms with Crippen LogP contribution in [0.15, 0.2) is 0 Å². The van der Waals surface area contributed by atoms with Gasteiger partial charge in [0.15, 0.2) is 0 Å². The normalized spacial score (nSPS) is 21.8. The average Bonchev–Trinajstić information content (AvgIpc) is 2.26. The first-order valence-electron chi connectivity index (χ1n) is 6.65. The standard InChI is InChI=1S/C13H26N2O2/c1-11(2)15(12(3)17)10-13-5-4-6-14(9-13)7-8-16/h11,13,16H,4-10H2,1-3H3/t13-/m0/s1. The first-order valence-corrected chi connectivity index (χ1v) is 6.65. The van der Waals surface area contributed by atoms with Crippen LogP contribution in [0.1, 0.15) is 33.6 Å². The van der Waals surface area contributed by atoms with Gasteiger partial charge >= 0.3 is 0 Å². The van der Waals surface area contributed by atoms with Crippen molar-refractivity contribution in [3.8, 4) is 0 Å². The van der Waals surface area contributed by atoms with Gasteiger partial charge in [0.05, 0.1) is 6.61 Å². The monoisotopic (exact) mass is 242 g/mol. The number of hydrogen-bond donors (Lipinski definition) is 1. The maximum absolute atomic E-state index is 11.5. The zero-order valence-electron chi connectivity index (χ0n) is 11.4. The van der Waals surface area contributed by atoms with Gasteiger partial charge in [0.1, 0.15) is 0 Å².